The second-order valence-corrected chi connectivity index (χ2v) is 14.1. The Hall–Kier alpha value is -7.36. The van der Waals surface area contributed by atoms with E-state index in [1.54, 1.807) is 0 Å². The minimum absolute atomic E-state index is 0.851. The Kier molecular flexibility index (Phi) is 7.17. The molecule has 9 aromatic carbocycles. The molecule has 2 heterocycles. The van der Waals surface area contributed by atoms with Gasteiger partial charge in [-0.1, -0.05) is 152 Å². The summed E-state index contributed by atoms with van der Waals surface area (Å²) < 4.78 is 9.47. The maximum absolute atomic E-state index is 7.09. The summed E-state index contributed by atoms with van der Waals surface area (Å²) in [5.41, 5.74) is 13.0. The van der Waals surface area contributed by atoms with E-state index in [0.717, 1.165) is 55.6 Å². The maximum atomic E-state index is 7.09. The SMILES string of the molecule is c1ccc(-c2ccc(N(c3ccc4c5ccccc5n(-c5ccccc5)c4c3)c3cccc4c3oc3c5ccccc5c(-c5ccccc5)cc43)cc2)cc1. The van der Waals surface area contributed by atoms with Gasteiger partial charge in [-0.25, -0.2) is 0 Å². The first-order valence-corrected chi connectivity index (χ1v) is 18.8. The third-order valence-corrected chi connectivity index (χ3v) is 11.0. The van der Waals surface area contributed by atoms with E-state index in [1.807, 2.05) is 0 Å². The quantitative estimate of drug-likeness (QED) is 0.172. The molecule has 0 N–H and O–H groups in total. The van der Waals surface area contributed by atoms with Crippen LogP contribution in [0.3, 0.4) is 0 Å². The standard InChI is InChI=1S/C52H34N2O/c1-4-15-35(16-5-1)36-27-29-39(30-28-36)53(40-31-32-43-42-22-12-13-25-48(42)54(50(43)33-40)38-19-8-3-9-20-38)49-26-14-24-45-47-34-46(37-17-6-2-7-18-37)41-21-10-11-23-44(41)51(47)55-52(45)49/h1-34H. The molecule has 0 amide bonds. The number of rotatable bonds is 6. The molecule has 0 saturated heterocycles. The summed E-state index contributed by atoms with van der Waals surface area (Å²) in [5.74, 6) is 0. The lowest BCUT2D eigenvalue weighted by Gasteiger charge is -2.26. The van der Waals surface area contributed by atoms with Gasteiger partial charge in [-0.2, -0.15) is 0 Å². The van der Waals surface area contributed by atoms with Crippen molar-refractivity contribution in [2.45, 2.75) is 0 Å². The van der Waals surface area contributed by atoms with E-state index in [9.17, 15) is 0 Å². The van der Waals surface area contributed by atoms with Gasteiger partial charge in [-0.3, -0.25) is 0 Å². The highest BCUT2D eigenvalue weighted by molar-refractivity contribution is 6.21. The molecule has 0 aliphatic rings. The van der Waals surface area contributed by atoms with Gasteiger partial charge in [0.05, 0.1) is 16.7 Å². The van der Waals surface area contributed by atoms with Crippen molar-refractivity contribution in [2.75, 3.05) is 4.90 Å². The van der Waals surface area contributed by atoms with Crippen LogP contribution in [0.2, 0.25) is 0 Å². The second-order valence-electron chi connectivity index (χ2n) is 14.1. The highest BCUT2D eigenvalue weighted by Crippen LogP contribution is 2.46. The van der Waals surface area contributed by atoms with Crippen LogP contribution in [-0.4, -0.2) is 4.57 Å². The lowest BCUT2D eigenvalue weighted by molar-refractivity contribution is 0.673. The lowest BCUT2D eigenvalue weighted by atomic mass is 9.95. The van der Waals surface area contributed by atoms with Crippen LogP contribution >= 0.6 is 0 Å². The number of hydrogen-bond donors (Lipinski definition) is 0. The Balaban J connectivity index is 1.18. The number of hydrogen-bond acceptors (Lipinski definition) is 2. The molecule has 0 saturated carbocycles. The van der Waals surface area contributed by atoms with Crippen molar-refractivity contribution >= 4 is 71.6 Å². The predicted octanol–water partition coefficient (Wildman–Crippen LogP) is 14.6. The Morgan fingerprint density at radius 2 is 0.909 bits per heavy atom. The van der Waals surface area contributed by atoms with E-state index in [1.165, 1.54) is 43.9 Å². The summed E-state index contributed by atoms with van der Waals surface area (Å²) in [6, 6.07) is 73.7. The van der Waals surface area contributed by atoms with E-state index in [2.05, 4.69) is 216 Å². The molecule has 0 aliphatic heterocycles. The van der Waals surface area contributed by atoms with E-state index >= 15 is 0 Å². The minimum atomic E-state index is 0.851. The van der Waals surface area contributed by atoms with Gasteiger partial charge in [0.1, 0.15) is 5.58 Å². The molecular formula is C52H34N2O. The van der Waals surface area contributed by atoms with Gasteiger partial charge in [0.15, 0.2) is 5.58 Å². The zero-order valence-corrected chi connectivity index (χ0v) is 29.9. The van der Waals surface area contributed by atoms with E-state index in [0.29, 0.717) is 0 Å². The highest BCUT2D eigenvalue weighted by Gasteiger charge is 2.23. The molecule has 3 nitrogen and oxygen atoms in total. The van der Waals surface area contributed by atoms with Gasteiger partial charge in [-0.15, -0.1) is 0 Å². The second kappa shape index (κ2) is 12.6. The zero-order valence-electron chi connectivity index (χ0n) is 29.9. The molecule has 0 spiro atoms. The number of fused-ring (bicyclic) bond motifs is 8. The van der Waals surface area contributed by atoms with E-state index < -0.39 is 0 Å². The summed E-state index contributed by atoms with van der Waals surface area (Å²) in [7, 11) is 0. The zero-order chi connectivity index (χ0) is 36.3. The molecule has 0 atom stereocenters. The van der Waals surface area contributed by atoms with Crippen molar-refractivity contribution in [2.24, 2.45) is 0 Å². The fourth-order valence-electron chi connectivity index (χ4n) is 8.45. The van der Waals surface area contributed by atoms with Crippen molar-refractivity contribution in [1.29, 1.82) is 0 Å². The van der Waals surface area contributed by atoms with Gasteiger partial charge in [0.25, 0.3) is 0 Å². The Labute approximate surface area is 318 Å². The summed E-state index contributed by atoms with van der Waals surface area (Å²) in [4.78, 5) is 2.35. The first-order valence-electron chi connectivity index (χ1n) is 18.8. The molecule has 0 bridgehead atoms. The van der Waals surface area contributed by atoms with Crippen molar-refractivity contribution < 1.29 is 4.42 Å². The van der Waals surface area contributed by atoms with Crippen molar-refractivity contribution in [3.8, 4) is 27.9 Å². The Morgan fingerprint density at radius 1 is 0.345 bits per heavy atom. The molecule has 0 aliphatic carbocycles. The van der Waals surface area contributed by atoms with Crippen LogP contribution in [0.25, 0.3) is 82.5 Å². The molecule has 258 valence electrons. The van der Waals surface area contributed by atoms with Crippen LogP contribution < -0.4 is 4.90 Å². The fourth-order valence-corrected chi connectivity index (χ4v) is 8.45. The number of aromatic nitrogens is 1. The van der Waals surface area contributed by atoms with Crippen molar-refractivity contribution in [3.05, 3.63) is 206 Å². The molecule has 11 aromatic rings. The first kappa shape index (κ1) is 31.2. The molecule has 3 heteroatoms. The van der Waals surface area contributed by atoms with E-state index in [4.69, 9.17) is 4.42 Å². The smallest absolute Gasteiger partial charge is 0.159 e. The van der Waals surface area contributed by atoms with Crippen LogP contribution in [0.1, 0.15) is 0 Å². The van der Waals surface area contributed by atoms with Crippen molar-refractivity contribution in [1.82, 2.24) is 4.57 Å². The monoisotopic (exact) mass is 702 g/mol. The normalized spacial score (nSPS) is 11.6. The lowest BCUT2D eigenvalue weighted by Crippen LogP contribution is -2.10. The van der Waals surface area contributed by atoms with Gasteiger partial charge in [0, 0.05) is 44.0 Å². The molecule has 55 heavy (non-hydrogen) atoms. The number of nitrogens with zero attached hydrogens (tertiary/aromatic N) is 2. The molecule has 11 rings (SSSR count). The first-order chi connectivity index (χ1) is 27.3. The molecular weight excluding hydrogens is 669 g/mol. The summed E-state index contributed by atoms with van der Waals surface area (Å²) in [6.45, 7) is 0. The highest BCUT2D eigenvalue weighted by atomic mass is 16.3. The van der Waals surface area contributed by atoms with Crippen LogP contribution in [0.15, 0.2) is 211 Å². The van der Waals surface area contributed by atoms with Crippen LogP contribution in [0.5, 0.6) is 0 Å². The minimum Gasteiger partial charge on any atom is -0.453 e. The summed E-state index contributed by atoms with van der Waals surface area (Å²) in [6.07, 6.45) is 0. The molecule has 0 fully saturated rings. The molecule has 2 aromatic heterocycles. The van der Waals surface area contributed by atoms with E-state index in [-0.39, 0.29) is 0 Å². The average molecular weight is 703 g/mol. The third-order valence-electron chi connectivity index (χ3n) is 11.0. The molecule has 0 unspecified atom stereocenters. The van der Waals surface area contributed by atoms with Gasteiger partial charge >= 0.3 is 0 Å². The van der Waals surface area contributed by atoms with Crippen molar-refractivity contribution in [3.63, 3.8) is 0 Å². The fraction of sp³-hybridized carbons (Fsp3) is 0. The third kappa shape index (κ3) is 5.05. The van der Waals surface area contributed by atoms with Crippen LogP contribution in [0, 0.1) is 0 Å². The summed E-state index contributed by atoms with van der Waals surface area (Å²) >= 11 is 0. The molecule has 0 radical (unpaired) electrons. The largest absolute Gasteiger partial charge is 0.453 e. The average Bonchev–Trinajstić information content (AvgIpc) is 3.81. The van der Waals surface area contributed by atoms with Gasteiger partial charge in [0.2, 0.25) is 0 Å². The van der Waals surface area contributed by atoms with Gasteiger partial charge < -0.3 is 13.9 Å². The predicted molar refractivity (Wildman–Crippen MR) is 231 cm³/mol. The van der Waals surface area contributed by atoms with Gasteiger partial charge in [-0.05, 0) is 82.2 Å². The number of para-hydroxylation sites is 3. The maximum Gasteiger partial charge on any atom is 0.159 e. The number of benzene rings is 9. The van der Waals surface area contributed by atoms with Crippen LogP contribution in [-0.2, 0) is 0 Å². The Morgan fingerprint density at radius 3 is 1.67 bits per heavy atom. The topological polar surface area (TPSA) is 21.3 Å². The van der Waals surface area contributed by atoms with Crippen LogP contribution in [0.4, 0.5) is 17.1 Å². The Bertz CT molecular complexity index is 3180. The summed E-state index contributed by atoms with van der Waals surface area (Å²) in [5, 5.41) is 6.91. The number of furan rings is 1. The number of anilines is 3.